The predicted octanol–water partition coefficient (Wildman–Crippen LogP) is 1.65. The normalized spacial score (nSPS) is 10.9. The summed E-state index contributed by atoms with van der Waals surface area (Å²) in [6.45, 7) is 0.643. The van der Waals surface area contributed by atoms with Gasteiger partial charge < -0.3 is 5.73 Å². The van der Waals surface area contributed by atoms with E-state index in [0.29, 0.717) is 12.2 Å². The van der Waals surface area contributed by atoms with E-state index in [4.69, 9.17) is 5.73 Å². The van der Waals surface area contributed by atoms with Crippen LogP contribution in [0.15, 0.2) is 33.7 Å². The molecule has 0 saturated heterocycles. The van der Waals surface area contributed by atoms with Crippen molar-refractivity contribution in [1.29, 1.82) is 0 Å². The molecule has 0 spiro atoms. The van der Waals surface area contributed by atoms with E-state index in [9.17, 15) is 4.79 Å². The molecule has 4 nitrogen and oxygen atoms in total. The highest BCUT2D eigenvalue weighted by molar-refractivity contribution is 9.10. The molecule has 0 bridgehead atoms. The van der Waals surface area contributed by atoms with Crippen LogP contribution >= 0.6 is 27.7 Å². The molecule has 2 aromatic rings. The van der Waals surface area contributed by atoms with Gasteiger partial charge in [-0.2, -0.15) is 11.8 Å². The Kier molecular flexibility index (Phi) is 4.20. The Bertz CT molecular complexity index is 584. The van der Waals surface area contributed by atoms with Crippen LogP contribution in [0.3, 0.4) is 0 Å². The highest BCUT2D eigenvalue weighted by atomic mass is 79.9. The molecular weight excluding hydrogens is 302 g/mol. The molecule has 2 aromatic heterocycles. The van der Waals surface area contributed by atoms with Gasteiger partial charge in [-0.15, -0.1) is 0 Å². The number of aromatic nitrogens is 2. The molecule has 0 unspecified atom stereocenters. The summed E-state index contributed by atoms with van der Waals surface area (Å²) < 4.78 is 2.39. The standard InChI is InChI=1S/C11H12BrN3OS/c12-8-1-2-10-14-9(7-17-4-3-13)5-11(16)15(10)6-8/h1-2,5-6H,3-4,7,13H2. The second-order valence-electron chi connectivity index (χ2n) is 3.50. The topological polar surface area (TPSA) is 60.4 Å². The van der Waals surface area contributed by atoms with E-state index in [2.05, 4.69) is 20.9 Å². The molecule has 0 aliphatic carbocycles. The van der Waals surface area contributed by atoms with Gasteiger partial charge >= 0.3 is 0 Å². The number of hydrogen-bond acceptors (Lipinski definition) is 4. The summed E-state index contributed by atoms with van der Waals surface area (Å²) in [5.41, 5.74) is 6.83. The van der Waals surface area contributed by atoms with Gasteiger partial charge in [0.25, 0.3) is 5.56 Å². The number of thioether (sulfide) groups is 1. The van der Waals surface area contributed by atoms with Gasteiger partial charge in [0.15, 0.2) is 0 Å². The van der Waals surface area contributed by atoms with Crippen LogP contribution in [0.4, 0.5) is 0 Å². The average molecular weight is 314 g/mol. The summed E-state index contributed by atoms with van der Waals surface area (Å²) in [4.78, 5) is 16.3. The van der Waals surface area contributed by atoms with Gasteiger partial charge in [-0.05, 0) is 28.1 Å². The quantitative estimate of drug-likeness (QED) is 0.872. The number of fused-ring (bicyclic) bond motifs is 1. The van der Waals surface area contributed by atoms with Crippen molar-refractivity contribution in [2.75, 3.05) is 12.3 Å². The number of pyridine rings is 1. The summed E-state index contributed by atoms with van der Waals surface area (Å²) in [6.07, 6.45) is 1.72. The minimum Gasteiger partial charge on any atom is -0.330 e. The lowest BCUT2D eigenvalue weighted by molar-refractivity contribution is 1.01. The molecule has 90 valence electrons. The maximum Gasteiger partial charge on any atom is 0.258 e. The number of rotatable bonds is 4. The van der Waals surface area contributed by atoms with Crippen LogP contribution in [0.5, 0.6) is 0 Å². The van der Waals surface area contributed by atoms with Gasteiger partial charge in [0.2, 0.25) is 0 Å². The third kappa shape index (κ3) is 3.08. The zero-order valence-corrected chi connectivity index (χ0v) is 11.5. The van der Waals surface area contributed by atoms with Crippen molar-refractivity contribution in [3.8, 4) is 0 Å². The SMILES string of the molecule is NCCSCc1cc(=O)n2cc(Br)ccc2n1. The number of nitrogens with zero attached hydrogens (tertiary/aromatic N) is 2. The van der Waals surface area contributed by atoms with Gasteiger partial charge in [0.1, 0.15) is 5.65 Å². The monoisotopic (exact) mass is 313 g/mol. The molecule has 0 radical (unpaired) electrons. The number of halogens is 1. The fourth-order valence-electron chi connectivity index (χ4n) is 1.46. The highest BCUT2D eigenvalue weighted by Crippen LogP contribution is 2.12. The Morgan fingerprint density at radius 2 is 2.29 bits per heavy atom. The maximum atomic E-state index is 11.9. The Balaban J connectivity index is 2.35. The van der Waals surface area contributed by atoms with Gasteiger partial charge in [0, 0.05) is 34.8 Å². The molecule has 0 atom stereocenters. The minimum absolute atomic E-state index is 0.0559. The fourth-order valence-corrected chi connectivity index (χ4v) is 2.47. The van der Waals surface area contributed by atoms with Crippen LogP contribution in [0.2, 0.25) is 0 Å². The smallest absolute Gasteiger partial charge is 0.258 e. The molecular formula is C11H12BrN3OS. The van der Waals surface area contributed by atoms with Crippen molar-refractivity contribution in [3.05, 3.63) is 44.9 Å². The Morgan fingerprint density at radius 1 is 1.47 bits per heavy atom. The molecule has 0 aromatic carbocycles. The number of nitrogens with two attached hydrogens (primary N) is 1. The van der Waals surface area contributed by atoms with Gasteiger partial charge in [-0.3, -0.25) is 9.20 Å². The van der Waals surface area contributed by atoms with E-state index in [1.807, 2.05) is 12.1 Å². The first-order chi connectivity index (χ1) is 8.20. The molecule has 2 rings (SSSR count). The van der Waals surface area contributed by atoms with Crippen molar-refractivity contribution in [1.82, 2.24) is 9.38 Å². The van der Waals surface area contributed by atoms with E-state index >= 15 is 0 Å². The Hall–Kier alpha value is -0.850. The summed E-state index contributed by atoms with van der Waals surface area (Å²) >= 11 is 5.01. The zero-order valence-electron chi connectivity index (χ0n) is 9.10. The molecule has 2 N–H and O–H groups in total. The first-order valence-electron chi connectivity index (χ1n) is 5.16. The lowest BCUT2D eigenvalue weighted by atomic mass is 10.4. The van der Waals surface area contributed by atoms with E-state index in [0.717, 1.165) is 21.7 Å². The predicted molar refractivity (Wildman–Crippen MR) is 74.4 cm³/mol. The van der Waals surface area contributed by atoms with Crippen molar-refractivity contribution >= 4 is 33.3 Å². The highest BCUT2D eigenvalue weighted by Gasteiger charge is 2.02. The lowest BCUT2D eigenvalue weighted by Gasteiger charge is -2.04. The summed E-state index contributed by atoms with van der Waals surface area (Å²) in [5.74, 6) is 1.60. The van der Waals surface area contributed by atoms with Crippen LogP contribution < -0.4 is 11.3 Å². The van der Waals surface area contributed by atoms with Gasteiger partial charge in [0.05, 0.1) is 5.69 Å². The Morgan fingerprint density at radius 3 is 3.06 bits per heavy atom. The second kappa shape index (κ2) is 5.66. The van der Waals surface area contributed by atoms with Crippen LogP contribution in [-0.2, 0) is 5.75 Å². The molecule has 0 fully saturated rings. The van der Waals surface area contributed by atoms with E-state index in [1.54, 1.807) is 24.0 Å². The third-order valence-electron chi connectivity index (χ3n) is 2.19. The van der Waals surface area contributed by atoms with E-state index in [1.165, 1.54) is 4.40 Å². The fraction of sp³-hybridized carbons (Fsp3) is 0.273. The van der Waals surface area contributed by atoms with Gasteiger partial charge in [-0.25, -0.2) is 4.98 Å². The summed E-state index contributed by atoms with van der Waals surface area (Å²) in [7, 11) is 0. The van der Waals surface area contributed by atoms with E-state index < -0.39 is 0 Å². The van der Waals surface area contributed by atoms with Crippen LogP contribution in [0.1, 0.15) is 5.69 Å². The zero-order chi connectivity index (χ0) is 12.3. The average Bonchev–Trinajstić information content (AvgIpc) is 2.31. The molecule has 0 amide bonds. The molecule has 0 saturated carbocycles. The largest absolute Gasteiger partial charge is 0.330 e. The Labute approximate surface area is 111 Å². The second-order valence-corrected chi connectivity index (χ2v) is 5.52. The van der Waals surface area contributed by atoms with E-state index in [-0.39, 0.29) is 5.56 Å². The molecule has 0 aliphatic rings. The first-order valence-corrected chi connectivity index (χ1v) is 7.11. The van der Waals surface area contributed by atoms with Crippen molar-refractivity contribution in [2.45, 2.75) is 5.75 Å². The lowest BCUT2D eigenvalue weighted by Crippen LogP contribution is -2.15. The summed E-state index contributed by atoms with van der Waals surface area (Å²) in [6, 6.07) is 5.27. The van der Waals surface area contributed by atoms with Crippen molar-refractivity contribution < 1.29 is 0 Å². The molecule has 17 heavy (non-hydrogen) atoms. The van der Waals surface area contributed by atoms with Crippen LogP contribution in [0.25, 0.3) is 5.65 Å². The van der Waals surface area contributed by atoms with Gasteiger partial charge in [-0.1, -0.05) is 0 Å². The minimum atomic E-state index is -0.0559. The van der Waals surface area contributed by atoms with Crippen molar-refractivity contribution in [2.24, 2.45) is 5.73 Å². The molecule has 2 heterocycles. The summed E-state index contributed by atoms with van der Waals surface area (Å²) in [5, 5.41) is 0. The van der Waals surface area contributed by atoms with Crippen molar-refractivity contribution in [3.63, 3.8) is 0 Å². The van der Waals surface area contributed by atoms with Crippen LogP contribution in [-0.4, -0.2) is 21.7 Å². The molecule has 0 aliphatic heterocycles. The van der Waals surface area contributed by atoms with Crippen LogP contribution in [0, 0.1) is 0 Å². The maximum absolute atomic E-state index is 11.9. The number of hydrogen-bond donors (Lipinski definition) is 1. The first kappa shape index (κ1) is 12.6. The molecule has 6 heteroatoms. The third-order valence-corrected chi connectivity index (χ3v) is 3.68.